The molecule has 0 nitrogen and oxygen atoms in total. The molecule has 0 aliphatic heterocycles. The fraction of sp³-hybridized carbons (Fsp3) is 0.778. The highest BCUT2D eigenvalue weighted by Gasteiger charge is 1.86. The molecule has 0 aliphatic rings. The van der Waals surface area contributed by atoms with Gasteiger partial charge in [0.15, 0.2) is 0 Å². The van der Waals surface area contributed by atoms with Gasteiger partial charge in [0.2, 0.25) is 0 Å². The Morgan fingerprint density at radius 2 is 1.60 bits per heavy atom. The van der Waals surface area contributed by atoms with Crippen LogP contribution in [0.2, 0.25) is 0 Å². The van der Waals surface area contributed by atoms with Crippen LogP contribution in [0.25, 0.3) is 0 Å². The Labute approximate surface area is 70.0 Å². The van der Waals surface area contributed by atoms with Crippen LogP contribution in [0.15, 0.2) is 0 Å². The lowest BCUT2D eigenvalue weighted by Crippen LogP contribution is -1.78. The van der Waals surface area contributed by atoms with Gasteiger partial charge >= 0.3 is 0 Å². The van der Waals surface area contributed by atoms with Crippen molar-refractivity contribution in [3.8, 4) is 0 Å². The van der Waals surface area contributed by atoms with Crippen molar-refractivity contribution < 1.29 is 0 Å². The second kappa shape index (κ2) is 9.09. The molecular formula is C9H17S. The topological polar surface area (TPSA) is 0 Å². The van der Waals surface area contributed by atoms with Crippen LogP contribution in [-0.2, 0) is 0 Å². The Bertz CT molecular complexity index is 69.1. The molecule has 0 spiro atoms. The van der Waals surface area contributed by atoms with Crippen molar-refractivity contribution in [3.05, 3.63) is 6.92 Å². The Morgan fingerprint density at radius 3 is 2.20 bits per heavy atom. The van der Waals surface area contributed by atoms with E-state index in [1.807, 2.05) is 5.37 Å². The van der Waals surface area contributed by atoms with Crippen LogP contribution >= 0.6 is 12.2 Å². The van der Waals surface area contributed by atoms with Gasteiger partial charge in [0, 0.05) is 0 Å². The van der Waals surface area contributed by atoms with E-state index < -0.39 is 0 Å². The molecular weight excluding hydrogens is 140 g/mol. The summed E-state index contributed by atoms with van der Waals surface area (Å²) in [5.74, 6) is 0. The summed E-state index contributed by atoms with van der Waals surface area (Å²) in [6.07, 6.45) is 8.82. The largest absolute Gasteiger partial charge is 0.0935 e. The van der Waals surface area contributed by atoms with Crippen LogP contribution in [0.1, 0.15) is 44.9 Å². The van der Waals surface area contributed by atoms with Crippen LogP contribution in [0.5, 0.6) is 0 Å². The minimum Gasteiger partial charge on any atom is -0.0935 e. The molecule has 59 valence electrons. The van der Waals surface area contributed by atoms with Gasteiger partial charge in [-0.05, 0) is 18.2 Å². The molecule has 0 amide bonds. The fourth-order valence-corrected chi connectivity index (χ4v) is 1.10. The van der Waals surface area contributed by atoms with Crippen molar-refractivity contribution in [2.75, 3.05) is 0 Å². The van der Waals surface area contributed by atoms with E-state index in [0.717, 1.165) is 12.8 Å². The normalized spacial score (nSPS) is 9.70. The smallest absolute Gasteiger partial charge is 0.0210 e. The molecule has 0 saturated carbocycles. The first-order chi connectivity index (χ1) is 4.91. The molecule has 0 aromatic rings. The first kappa shape index (κ1) is 10.1. The summed E-state index contributed by atoms with van der Waals surface area (Å²) in [5, 5.41) is 1.83. The molecule has 0 aliphatic carbocycles. The predicted molar refractivity (Wildman–Crippen MR) is 51.3 cm³/mol. The van der Waals surface area contributed by atoms with Crippen molar-refractivity contribution in [3.63, 3.8) is 0 Å². The number of hydrogen-bond acceptors (Lipinski definition) is 1. The standard InChI is InChI=1S/C9H17S/c1-2-3-4-5-6-7-8-9-10/h9H,1-8H2. The van der Waals surface area contributed by atoms with E-state index in [-0.39, 0.29) is 0 Å². The minimum absolute atomic E-state index is 1.09. The first-order valence-electron chi connectivity index (χ1n) is 4.14. The lowest BCUT2D eigenvalue weighted by Gasteiger charge is -1.96. The molecule has 0 rings (SSSR count). The predicted octanol–water partition coefficient (Wildman–Crippen LogP) is 3.55. The van der Waals surface area contributed by atoms with Gasteiger partial charge in [-0.15, -0.1) is 0 Å². The maximum Gasteiger partial charge on any atom is -0.0210 e. The molecule has 10 heavy (non-hydrogen) atoms. The van der Waals surface area contributed by atoms with E-state index in [1.165, 1.54) is 32.1 Å². The second-order valence-corrected chi connectivity index (χ2v) is 2.91. The average molecular weight is 157 g/mol. The first-order valence-corrected chi connectivity index (χ1v) is 4.62. The summed E-state index contributed by atoms with van der Waals surface area (Å²) in [6, 6.07) is 0. The van der Waals surface area contributed by atoms with Gasteiger partial charge in [0.25, 0.3) is 0 Å². The minimum atomic E-state index is 1.09. The van der Waals surface area contributed by atoms with E-state index in [4.69, 9.17) is 12.2 Å². The molecule has 0 unspecified atom stereocenters. The molecule has 1 radical (unpaired) electrons. The molecule has 0 heterocycles. The number of thiocarbonyl (C=S) groups is 1. The van der Waals surface area contributed by atoms with Crippen LogP contribution in [0, 0.1) is 6.92 Å². The molecule has 1 heteroatoms. The summed E-state index contributed by atoms with van der Waals surface area (Å²) >= 11 is 4.72. The lowest BCUT2D eigenvalue weighted by atomic mass is 10.1. The third-order valence-corrected chi connectivity index (χ3v) is 1.81. The van der Waals surface area contributed by atoms with Gasteiger partial charge in [-0.2, -0.15) is 0 Å². The third-order valence-electron chi connectivity index (χ3n) is 1.57. The zero-order chi connectivity index (χ0) is 7.66. The average Bonchev–Trinajstić information content (AvgIpc) is 1.97. The monoisotopic (exact) mass is 157 g/mol. The molecule has 0 fully saturated rings. The summed E-state index contributed by atoms with van der Waals surface area (Å²) in [5.41, 5.74) is 0. The highest BCUT2D eigenvalue weighted by Crippen LogP contribution is 2.05. The van der Waals surface area contributed by atoms with Gasteiger partial charge in [0.05, 0.1) is 0 Å². The van der Waals surface area contributed by atoms with Crippen LogP contribution < -0.4 is 0 Å². The van der Waals surface area contributed by atoms with E-state index in [0.29, 0.717) is 0 Å². The Kier molecular flexibility index (Phi) is 9.17. The highest BCUT2D eigenvalue weighted by atomic mass is 32.1. The van der Waals surface area contributed by atoms with E-state index in [9.17, 15) is 0 Å². The molecule has 0 atom stereocenters. The summed E-state index contributed by atoms with van der Waals surface area (Å²) in [6.45, 7) is 3.80. The van der Waals surface area contributed by atoms with Crippen molar-refractivity contribution in [1.82, 2.24) is 0 Å². The molecule has 0 N–H and O–H groups in total. The number of rotatable bonds is 7. The SMILES string of the molecule is [CH2]CCCCCCCC=S. The van der Waals surface area contributed by atoms with Gasteiger partial charge in [-0.3, -0.25) is 0 Å². The molecule has 0 saturated heterocycles. The van der Waals surface area contributed by atoms with Crippen LogP contribution in [0.3, 0.4) is 0 Å². The van der Waals surface area contributed by atoms with E-state index in [2.05, 4.69) is 6.92 Å². The van der Waals surface area contributed by atoms with E-state index >= 15 is 0 Å². The lowest BCUT2D eigenvalue weighted by molar-refractivity contribution is 0.628. The Hall–Kier alpha value is 0.0900. The second-order valence-electron chi connectivity index (χ2n) is 2.58. The third kappa shape index (κ3) is 8.09. The maximum atomic E-state index is 4.72. The zero-order valence-corrected chi connectivity index (χ0v) is 7.46. The maximum absolute atomic E-state index is 4.72. The fourth-order valence-electron chi connectivity index (χ4n) is 0.935. The van der Waals surface area contributed by atoms with Gasteiger partial charge in [-0.25, -0.2) is 0 Å². The summed E-state index contributed by atoms with van der Waals surface area (Å²) < 4.78 is 0. The Balaban J connectivity index is 2.70. The summed E-state index contributed by atoms with van der Waals surface area (Å²) in [4.78, 5) is 0. The number of unbranched alkanes of at least 4 members (excludes halogenated alkanes) is 6. The highest BCUT2D eigenvalue weighted by molar-refractivity contribution is 7.78. The Morgan fingerprint density at radius 1 is 1.00 bits per heavy atom. The molecule has 0 bridgehead atoms. The van der Waals surface area contributed by atoms with Crippen molar-refractivity contribution in [2.45, 2.75) is 44.9 Å². The zero-order valence-electron chi connectivity index (χ0n) is 6.64. The van der Waals surface area contributed by atoms with Gasteiger partial charge in [-0.1, -0.05) is 51.2 Å². The molecule has 0 aromatic carbocycles. The molecule has 0 aromatic heterocycles. The van der Waals surface area contributed by atoms with Gasteiger partial charge < -0.3 is 0 Å². The van der Waals surface area contributed by atoms with Crippen molar-refractivity contribution in [1.29, 1.82) is 0 Å². The van der Waals surface area contributed by atoms with Gasteiger partial charge in [0.1, 0.15) is 0 Å². The summed E-state index contributed by atoms with van der Waals surface area (Å²) in [7, 11) is 0. The van der Waals surface area contributed by atoms with Crippen molar-refractivity contribution >= 4 is 17.6 Å². The number of hydrogen-bond donors (Lipinski definition) is 0. The van der Waals surface area contributed by atoms with E-state index in [1.54, 1.807) is 0 Å². The van der Waals surface area contributed by atoms with Crippen LogP contribution in [-0.4, -0.2) is 5.37 Å². The van der Waals surface area contributed by atoms with Crippen LogP contribution in [0.4, 0.5) is 0 Å². The quantitative estimate of drug-likeness (QED) is 0.402. The van der Waals surface area contributed by atoms with Crippen molar-refractivity contribution in [2.24, 2.45) is 0 Å².